The van der Waals surface area contributed by atoms with Crippen LogP contribution in [0.2, 0.25) is 0 Å². The zero-order valence-corrected chi connectivity index (χ0v) is 17.5. The average Bonchev–Trinajstić information content (AvgIpc) is 3.03. The summed E-state index contributed by atoms with van der Waals surface area (Å²) in [5.74, 6) is 2.09. The van der Waals surface area contributed by atoms with Crippen LogP contribution in [-0.4, -0.2) is 47.2 Å². The molecule has 27 heavy (non-hydrogen) atoms. The SMILES string of the molecule is CCc1nc(CCNS(C)(=O)=O)n(-c2cc(C)c3ccc(SC)cc3n2)n1. The third-order valence-electron chi connectivity index (χ3n) is 4.17. The molecule has 3 rings (SSSR count). The van der Waals surface area contributed by atoms with E-state index in [-0.39, 0.29) is 6.54 Å². The maximum atomic E-state index is 11.3. The average molecular weight is 406 g/mol. The molecule has 0 spiro atoms. The molecule has 0 aliphatic rings. The predicted molar refractivity (Wildman–Crippen MR) is 109 cm³/mol. The first kappa shape index (κ1) is 19.8. The van der Waals surface area contributed by atoms with Crippen LogP contribution >= 0.6 is 11.8 Å². The smallest absolute Gasteiger partial charge is 0.208 e. The van der Waals surface area contributed by atoms with Crippen molar-refractivity contribution in [1.29, 1.82) is 0 Å². The molecule has 144 valence electrons. The van der Waals surface area contributed by atoms with E-state index in [4.69, 9.17) is 4.98 Å². The number of hydrogen-bond acceptors (Lipinski definition) is 6. The predicted octanol–water partition coefficient (Wildman–Crippen LogP) is 2.50. The van der Waals surface area contributed by atoms with Gasteiger partial charge in [-0.25, -0.2) is 23.1 Å². The van der Waals surface area contributed by atoms with E-state index in [1.165, 1.54) is 0 Å². The van der Waals surface area contributed by atoms with Gasteiger partial charge in [0, 0.05) is 29.7 Å². The fraction of sp³-hybridized carbons (Fsp3) is 0.389. The van der Waals surface area contributed by atoms with Gasteiger partial charge in [0.25, 0.3) is 0 Å². The lowest BCUT2D eigenvalue weighted by Crippen LogP contribution is -2.25. The number of benzene rings is 1. The van der Waals surface area contributed by atoms with Gasteiger partial charge in [-0.05, 0) is 36.9 Å². The maximum absolute atomic E-state index is 11.3. The molecule has 0 saturated heterocycles. The molecular formula is C18H23N5O2S2. The normalized spacial score (nSPS) is 12.0. The first-order chi connectivity index (χ1) is 12.8. The van der Waals surface area contributed by atoms with Gasteiger partial charge in [-0.15, -0.1) is 16.9 Å². The number of fused-ring (bicyclic) bond motifs is 1. The van der Waals surface area contributed by atoms with Crippen LogP contribution in [0, 0.1) is 6.92 Å². The van der Waals surface area contributed by atoms with Crippen molar-refractivity contribution in [3.8, 4) is 5.82 Å². The Morgan fingerprint density at radius 3 is 2.67 bits per heavy atom. The molecule has 0 aliphatic heterocycles. The van der Waals surface area contributed by atoms with Crippen molar-refractivity contribution in [2.75, 3.05) is 19.1 Å². The number of nitrogens with one attached hydrogen (secondary N) is 1. The van der Waals surface area contributed by atoms with E-state index >= 15 is 0 Å². The number of rotatable bonds is 7. The summed E-state index contributed by atoms with van der Waals surface area (Å²) in [5.41, 5.74) is 2.02. The van der Waals surface area contributed by atoms with E-state index in [0.717, 1.165) is 27.6 Å². The number of aromatic nitrogens is 4. The molecule has 0 fully saturated rings. The van der Waals surface area contributed by atoms with Crippen LogP contribution in [0.25, 0.3) is 16.7 Å². The molecule has 3 aromatic rings. The minimum atomic E-state index is -3.24. The second kappa shape index (κ2) is 7.95. The number of sulfonamides is 1. The fourth-order valence-electron chi connectivity index (χ4n) is 2.84. The molecule has 0 bridgehead atoms. The van der Waals surface area contributed by atoms with Gasteiger partial charge in [-0.1, -0.05) is 13.0 Å². The van der Waals surface area contributed by atoms with Gasteiger partial charge in [0.05, 0.1) is 11.8 Å². The first-order valence-corrected chi connectivity index (χ1v) is 11.8. The lowest BCUT2D eigenvalue weighted by atomic mass is 10.1. The highest BCUT2D eigenvalue weighted by Crippen LogP contribution is 2.25. The molecule has 0 atom stereocenters. The molecule has 0 saturated carbocycles. The second-order valence-electron chi connectivity index (χ2n) is 6.31. The third kappa shape index (κ3) is 4.66. The summed E-state index contributed by atoms with van der Waals surface area (Å²) < 4.78 is 26.9. The van der Waals surface area contributed by atoms with Crippen molar-refractivity contribution in [2.45, 2.75) is 31.6 Å². The van der Waals surface area contributed by atoms with Gasteiger partial charge in [0.2, 0.25) is 10.0 Å². The van der Waals surface area contributed by atoms with Gasteiger partial charge in [0.1, 0.15) is 5.82 Å². The quantitative estimate of drug-likeness (QED) is 0.608. The number of hydrogen-bond donors (Lipinski definition) is 1. The molecule has 1 N–H and O–H groups in total. The Labute approximate surface area is 163 Å². The Morgan fingerprint density at radius 2 is 2.00 bits per heavy atom. The fourth-order valence-corrected chi connectivity index (χ4v) is 3.74. The Hall–Kier alpha value is -1.97. The molecule has 0 aliphatic carbocycles. The van der Waals surface area contributed by atoms with E-state index in [1.54, 1.807) is 16.4 Å². The zero-order chi connectivity index (χ0) is 19.6. The molecule has 1 aromatic carbocycles. The minimum absolute atomic E-state index is 0.268. The standard InChI is InChI=1S/C18H23N5O2S2/c1-5-16-21-17(8-9-19-27(4,24)25)23(22-16)18-10-12(2)14-7-6-13(26-3)11-15(14)20-18/h6-7,10-11,19H,5,8-9H2,1-4H3. The molecule has 9 heteroatoms. The Kier molecular flexibility index (Phi) is 5.83. The lowest BCUT2D eigenvalue weighted by Gasteiger charge is -2.10. The zero-order valence-electron chi connectivity index (χ0n) is 15.9. The largest absolute Gasteiger partial charge is 0.229 e. The number of pyridine rings is 1. The van der Waals surface area contributed by atoms with Gasteiger partial charge in [0.15, 0.2) is 11.6 Å². The van der Waals surface area contributed by atoms with Gasteiger partial charge in [-0.2, -0.15) is 4.68 Å². The van der Waals surface area contributed by atoms with Gasteiger partial charge >= 0.3 is 0 Å². The summed E-state index contributed by atoms with van der Waals surface area (Å²) in [5, 5.41) is 5.67. The summed E-state index contributed by atoms with van der Waals surface area (Å²) in [4.78, 5) is 10.5. The molecule has 2 heterocycles. The Bertz CT molecular complexity index is 1080. The monoisotopic (exact) mass is 405 g/mol. The first-order valence-electron chi connectivity index (χ1n) is 8.66. The van der Waals surface area contributed by atoms with E-state index in [1.807, 2.05) is 19.2 Å². The van der Waals surface area contributed by atoms with Crippen molar-refractivity contribution in [3.05, 3.63) is 41.5 Å². The summed E-state index contributed by atoms with van der Waals surface area (Å²) in [6, 6.07) is 8.24. The minimum Gasteiger partial charge on any atom is -0.229 e. The van der Waals surface area contributed by atoms with E-state index in [0.29, 0.717) is 30.3 Å². The molecule has 7 nitrogen and oxygen atoms in total. The molecule has 2 aromatic heterocycles. The van der Waals surface area contributed by atoms with Crippen molar-refractivity contribution in [2.24, 2.45) is 0 Å². The summed E-state index contributed by atoms with van der Waals surface area (Å²) >= 11 is 1.68. The summed E-state index contributed by atoms with van der Waals surface area (Å²) in [6.07, 6.45) is 4.31. The van der Waals surface area contributed by atoms with E-state index in [9.17, 15) is 8.42 Å². The lowest BCUT2D eigenvalue weighted by molar-refractivity contribution is 0.586. The van der Waals surface area contributed by atoms with Gasteiger partial charge < -0.3 is 0 Å². The van der Waals surface area contributed by atoms with Crippen molar-refractivity contribution in [1.82, 2.24) is 24.5 Å². The number of aryl methyl sites for hydroxylation is 2. The molecule has 0 amide bonds. The number of nitrogens with zero attached hydrogens (tertiary/aromatic N) is 4. The topological polar surface area (TPSA) is 89.8 Å². The Balaban J connectivity index is 2.03. The van der Waals surface area contributed by atoms with Crippen molar-refractivity contribution >= 4 is 32.7 Å². The highest BCUT2D eigenvalue weighted by Gasteiger charge is 2.14. The second-order valence-corrected chi connectivity index (χ2v) is 9.02. The van der Waals surface area contributed by atoms with E-state index in [2.05, 4.69) is 39.9 Å². The van der Waals surface area contributed by atoms with Crippen LogP contribution in [0.1, 0.15) is 24.1 Å². The number of thioether (sulfide) groups is 1. The highest BCUT2D eigenvalue weighted by molar-refractivity contribution is 7.98. The van der Waals surface area contributed by atoms with Crippen LogP contribution in [0.4, 0.5) is 0 Å². The van der Waals surface area contributed by atoms with Crippen molar-refractivity contribution < 1.29 is 8.42 Å². The van der Waals surface area contributed by atoms with Crippen LogP contribution in [-0.2, 0) is 22.9 Å². The van der Waals surface area contributed by atoms with E-state index < -0.39 is 10.0 Å². The van der Waals surface area contributed by atoms with Crippen LogP contribution in [0.15, 0.2) is 29.2 Å². The Morgan fingerprint density at radius 1 is 1.22 bits per heavy atom. The van der Waals surface area contributed by atoms with Crippen LogP contribution in [0.5, 0.6) is 0 Å². The van der Waals surface area contributed by atoms with Crippen molar-refractivity contribution in [3.63, 3.8) is 0 Å². The molecule has 0 radical (unpaired) electrons. The van der Waals surface area contributed by atoms with Crippen LogP contribution in [0.3, 0.4) is 0 Å². The molecular weight excluding hydrogens is 382 g/mol. The maximum Gasteiger partial charge on any atom is 0.208 e. The summed E-state index contributed by atoms with van der Waals surface area (Å²) in [6.45, 7) is 4.31. The molecule has 0 unspecified atom stereocenters. The van der Waals surface area contributed by atoms with Gasteiger partial charge in [-0.3, -0.25) is 0 Å². The third-order valence-corrected chi connectivity index (χ3v) is 5.63. The highest BCUT2D eigenvalue weighted by atomic mass is 32.2. The summed E-state index contributed by atoms with van der Waals surface area (Å²) in [7, 11) is -3.24. The van der Waals surface area contributed by atoms with Crippen LogP contribution < -0.4 is 4.72 Å².